The van der Waals surface area contributed by atoms with E-state index in [0.717, 1.165) is 12.8 Å². The Morgan fingerprint density at radius 3 is 2.68 bits per heavy atom. The number of ether oxygens (including phenoxy) is 2. The summed E-state index contributed by atoms with van der Waals surface area (Å²) in [5.41, 5.74) is 0.494. The molecule has 1 aromatic carbocycles. The molecule has 0 bridgehead atoms. The molecule has 2 aliphatic rings. The van der Waals surface area contributed by atoms with E-state index in [-0.39, 0.29) is 29.3 Å². The maximum atomic E-state index is 12.9. The van der Waals surface area contributed by atoms with Gasteiger partial charge in [-0.15, -0.1) is 20.4 Å². The molecule has 0 N–H and O–H groups in total. The van der Waals surface area contributed by atoms with Gasteiger partial charge in [0.15, 0.2) is 11.5 Å². The maximum absolute atomic E-state index is 12.9. The lowest BCUT2D eigenvalue weighted by Gasteiger charge is -2.21. The molecule has 1 saturated carbocycles. The first-order chi connectivity index (χ1) is 9.00. The molecule has 1 fully saturated rings. The summed E-state index contributed by atoms with van der Waals surface area (Å²) < 4.78 is 34.5. The Kier molecular flexibility index (Phi) is 2.78. The van der Waals surface area contributed by atoms with Crippen molar-refractivity contribution in [3.05, 3.63) is 18.2 Å². The van der Waals surface area contributed by atoms with Gasteiger partial charge in [-0.05, 0) is 25.0 Å². The van der Waals surface area contributed by atoms with E-state index >= 15 is 0 Å². The molecule has 1 heterocycles. The Balaban J connectivity index is 1.92. The van der Waals surface area contributed by atoms with Gasteiger partial charge in [-0.2, -0.15) is 0 Å². The van der Waals surface area contributed by atoms with Crippen molar-refractivity contribution in [1.82, 2.24) is 0 Å². The first-order valence-corrected chi connectivity index (χ1v) is 6.31. The zero-order valence-electron chi connectivity index (χ0n) is 9.74. The normalized spacial score (nSPS) is 19.3. The minimum Gasteiger partial charge on any atom is -0.395 e. The van der Waals surface area contributed by atoms with E-state index in [0.29, 0.717) is 5.69 Å². The Labute approximate surface area is 112 Å². The number of hydrogen-bond acceptors (Lipinski definition) is 3. The van der Waals surface area contributed by atoms with Gasteiger partial charge in [0.1, 0.15) is 5.88 Å². The zero-order chi connectivity index (χ0) is 13.6. The second-order valence-electron chi connectivity index (χ2n) is 4.43. The summed E-state index contributed by atoms with van der Waals surface area (Å²) in [5.74, 6) is -0.519. The Bertz CT molecular complexity index is 534. The number of nitrogens with zero attached hydrogens (tertiary/aromatic N) is 1. The van der Waals surface area contributed by atoms with Crippen molar-refractivity contribution < 1.29 is 23.0 Å². The minimum atomic E-state index is -3.65. The number of hydrogen-bond donors (Lipinski definition) is 0. The van der Waals surface area contributed by atoms with Gasteiger partial charge in [0, 0.05) is 17.8 Å². The quantitative estimate of drug-likeness (QED) is 0.803. The molecule has 3 rings (SSSR count). The molecule has 7 heteroatoms. The minimum absolute atomic E-state index is 0.0391. The molecule has 0 atom stereocenters. The predicted octanol–water partition coefficient (Wildman–Crippen LogP) is 2.74. The zero-order valence-corrected chi connectivity index (χ0v) is 10.5. The lowest BCUT2D eigenvalue weighted by atomic mass is 10.2. The molecule has 19 heavy (non-hydrogen) atoms. The van der Waals surface area contributed by atoms with Gasteiger partial charge < -0.3 is 14.4 Å². The van der Waals surface area contributed by atoms with Gasteiger partial charge in [-0.3, -0.25) is 4.79 Å². The molecule has 4 nitrogen and oxygen atoms in total. The van der Waals surface area contributed by atoms with Crippen LogP contribution < -0.4 is 14.4 Å². The first-order valence-electron chi connectivity index (χ1n) is 5.78. The molecular formula is C12H10ClF2NO3. The number of halogens is 3. The molecule has 0 aromatic heterocycles. The van der Waals surface area contributed by atoms with Crippen LogP contribution in [0.15, 0.2) is 18.2 Å². The summed E-state index contributed by atoms with van der Waals surface area (Å²) in [4.78, 5) is 13.3. The highest BCUT2D eigenvalue weighted by molar-refractivity contribution is 6.29. The number of fused-ring (bicyclic) bond motifs is 1. The third-order valence-corrected chi connectivity index (χ3v) is 3.19. The maximum Gasteiger partial charge on any atom is 0.586 e. The molecule has 1 amide bonds. The third-order valence-electron chi connectivity index (χ3n) is 2.96. The van der Waals surface area contributed by atoms with E-state index in [1.807, 2.05) is 0 Å². The van der Waals surface area contributed by atoms with Crippen LogP contribution in [0.1, 0.15) is 12.8 Å². The molecule has 1 aliphatic heterocycles. The highest BCUT2D eigenvalue weighted by atomic mass is 35.5. The molecule has 102 valence electrons. The average molecular weight is 290 g/mol. The molecule has 1 aliphatic carbocycles. The van der Waals surface area contributed by atoms with Crippen molar-refractivity contribution >= 4 is 23.2 Å². The van der Waals surface area contributed by atoms with Gasteiger partial charge in [-0.1, -0.05) is 0 Å². The second-order valence-corrected chi connectivity index (χ2v) is 4.69. The number of alkyl halides is 3. The lowest BCUT2D eigenvalue weighted by Crippen LogP contribution is -2.33. The fourth-order valence-electron chi connectivity index (χ4n) is 2.04. The molecule has 0 saturated heterocycles. The summed E-state index contributed by atoms with van der Waals surface area (Å²) in [7, 11) is 0. The average Bonchev–Trinajstić information content (AvgIpc) is 3.11. The Hall–Kier alpha value is -1.56. The van der Waals surface area contributed by atoms with E-state index in [9.17, 15) is 13.6 Å². The van der Waals surface area contributed by atoms with E-state index in [4.69, 9.17) is 11.6 Å². The smallest absolute Gasteiger partial charge is 0.395 e. The summed E-state index contributed by atoms with van der Waals surface area (Å²) >= 11 is 5.56. The van der Waals surface area contributed by atoms with Crippen LogP contribution in [0.5, 0.6) is 11.5 Å². The second kappa shape index (κ2) is 4.23. The fraction of sp³-hybridized carbons (Fsp3) is 0.417. The standard InChI is InChI=1S/C12H10ClF2NO3/c13-6-11(17)16(7-1-2-7)8-3-4-9-10(5-8)19-12(14,15)18-9/h3-5,7H,1-2,6H2. The van der Waals surface area contributed by atoms with Crippen LogP contribution in [0.3, 0.4) is 0 Å². The van der Waals surface area contributed by atoms with Crippen molar-refractivity contribution in [1.29, 1.82) is 0 Å². The van der Waals surface area contributed by atoms with Gasteiger partial charge in [0.2, 0.25) is 5.91 Å². The van der Waals surface area contributed by atoms with Crippen molar-refractivity contribution in [2.24, 2.45) is 0 Å². The third kappa shape index (κ3) is 2.32. The number of benzene rings is 1. The fourth-order valence-corrected chi connectivity index (χ4v) is 2.17. The largest absolute Gasteiger partial charge is 0.586 e. The van der Waals surface area contributed by atoms with Crippen LogP contribution in [-0.2, 0) is 4.79 Å². The number of carbonyl (C=O) groups is 1. The van der Waals surface area contributed by atoms with Gasteiger partial charge in [0.05, 0.1) is 0 Å². The van der Waals surface area contributed by atoms with Crippen molar-refractivity contribution in [2.75, 3.05) is 10.8 Å². The molecule has 0 spiro atoms. The molecule has 0 unspecified atom stereocenters. The monoisotopic (exact) mass is 289 g/mol. The number of carbonyl (C=O) groups excluding carboxylic acids is 1. The summed E-state index contributed by atoms with van der Waals surface area (Å²) in [6.45, 7) is 0. The van der Waals surface area contributed by atoms with Crippen LogP contribution in [0.25, 0.3) is 0 Å². The first kappa shape index (κ1) is 12.5. The van der Waals surface area contributed by atoms with Gasteiger partial charge in [-0.25, -0.2) is 0 Å². The summed E-state index contributed by atoms with van der Waals surface area (Å²) in [5, 5.41) is 0. The van der Waals surface area contributed by atoms with E-state index in [1.54, 1.807) is 6.07 Å². The van der Waals surface area contributed by atoms with Crippen LogP contribution >= 0.6 is 11.6 Å². The van der Waals surface area contributed by atoms with E-state index in [2.05, 4.69) is 9.47 Å². The van der Waals surface area contributed by atoms with Gasteiger partial charge >= 0.3 is 6.29 Å². The Morgan fingerprint density at radius 1 is 1.37 bits per heavy atom. The van der Waals surface area contributed by atoms with E-state index < -0.39 is 6.29 Å². The lowest BCUT2D eigenvalue weighted by molar-refractivity contribution is -0.286. The topological polar surface area (TPSA) is 38.8 Å². The van der Waals surface area contributed by atoms with Crippen LogP contribution in [-0.4, -0.2) is 24.1 Å². The van der Waals surface area contributed by atoms with Crippen LogP contribution in [0.4, 0.5) is 14.5 Å². The SMILES string of the molecule is O=C(CCl)N(c1ccc2c(c1)OC(F)(F)O2)C1CC1. The van der Waals surface area contributed by atoms with Gasteiger partial charge in [0.25, 0.3) is 0 Å². The molecule has 0 radical (unpaired) electrons. The summed E-state index contributed by atoms with van der Waals surface area (Å²) in [6, 6.07) is 4.38. The predicted molar refractivity (Wildman–Crippen MR) is 63.9 cm³/mol. The molecular weight excluding hydrogens is 280 g/mol. The van der Waals surface area contributed by atoms with E-state index in [1.165, 1.54) is 17.0 Å². The number of anilines is 1. The van der Waals surface area contributed by atoms with Crippen LogP contribution in [0, 0.1) is 0 Å². The van der Waals surface area contributed by atoms with Crippen molar-refractivity contribution in [3.63, 3.8) is 0 Å². The van der Waals surface area contributed by atoms with Crippen molar-refractivity contribution in [3.8, 4) is 11.5 Å². The highest BCUT2D eigenvalue weighted by Crippen LogP contribution is 2.44. The van der Waals surface area contributed by atoms with Crippen LogP contribution in [0.2, 0.25) is 0 Å². The highest BCUT2D eigenvalue weighted by Gasteiger charge is 2.44. The number of amides is 1. The Morgan fingerprint density at radius 2 is 2.05 bits per heavy atom. The molecule has 1 aromatic rings. The van der Waals surface area contributed by atoms with Crippen molar-refractivity contribution in [2.45, 2.75) is 25.2 Å². The summed E-state index contributed by atoms with van der Waals surface area (Å²) in [6.07, 6.45) is -1.89. The number of rotatable bonds is 3.